The maximum Gasteiger partial charge on any atom is 0.437 e. The van der Waals surface area contributed by atoms with E-state index < -0.39 is 17.6 Å². The first-order chi connectivity index (χ1) is 13.9. The van der Waals surface area contributed by atoms with E-state index >= 15 is 0 Å². The van der Waals surface area contributed by atoms with Crippen LogP contribution in [0.2, 0.25) is 0 Å². The molecule has 0 atom stereocenters. The van der Waals surface area contributed by atoms with E-state index in [4.69, 9.17) is 9.47 Å². The summed E-state index contributed by atoms with van der Waals surface area (Å²) in [6, 6.07) is 8.44. The van der Waals surface area contributed by atoms with Crippen molar-refractivity contribution in [1.82, 2.24) is 9.80 Å². The van der Waals surface area contributed by atoms with Crippen LogP contribution < -0.4 is 4.90 Å². The van der Waals surface area contributed by atoms with Crippen LogP contribution in [0, 0.1) is 0 Å². The van der Waals surface area contributed by atoms with Crippen LogP contribution in [0.4, 0.5) is 14.5 Å². The highest BCUT2D eigenvalue weighted by molar-refractivity contribution is 5.98. The highest BCUT2D eigenvalue weighted by atomic mass is 19.3. The lowest BCUT2D eigenvalue weighted by atomic mass is 9.88. The Balaban J connectivity index is 1.42. The number of ether oxygens (including phenoxy) is 2. The second-order valence-electron chi connectivity index (χ2n) is 7.80. The molecule has 0 aliphatic carbocycles. The van der Waals surface area contributed by atoms with E-state index in [0.29, 0.717) is 51.6 Å². The molecule has 9 heteroatoms. The van der Waals surface area contributed by atoms with Gasteiger partial charge in [0.2, 0.25) is 5.91 Å². The summed E-state index contributed by atoms with van der Waals surface area (Å²) < 4.78 is 39.2. The van der Waals surface area contributed by atoms with Crippen LogP contribution in [-0.2, 0) is 19.1 Å². The van der Waals surface area contributed by atoms with E-state index in [0.717, 1.165) is 4.90 Å². The Morgan fingerprint density at radius 3 is 2.34 bits per heavy atom. The van der Waals surface area contributed by atoms with E-state index in [2.05, 4.69) is 0 Å². The Kier molecular flexibility index (Phi) is 5.54. The average molecular weight is 409 g/mol. The number of hydrogen-bond acceptors (Lipinski definition) is 5. The SMILES string of the molecule is O=C(CN1CCOCC1)N1CCC2(CC1)CN(c1ccccc1)C(=O)C(F)(F)O2. The quantitative estimate of drug-likeness (QED) is 0.754. The molecule has 0 bridgehead atoms. The van der Waals surface area contributed by atoms with E-state index in [-0.39, 0.29) is 25.3 Å². The summed E-state index contributed by atoms with van der Waals surface area (Å²) in [5.74, 6) is -1.36. The topological polar surface area (TPSA) is 62.3 Å². The number of rotatable bonds is 3. The molecule has 3 fully saturated rings. The van der Waals surface area contributed by atoms with Crippen LogP contribution >= 0.6 is 0 Å². The Bertz CT molecular complexity index is 747. The van der Waals surface area contributed by atoms with Crippen molar-refractivity contribution < 1.29 is 27.8 Å². The monoisotopic (exact) mass is 409 g/mol. The molecule has 3 aliphatic rings. The predicted molar refractivity (Wildman–Crippen MR) is 101 cm³/mol. The van der Waals surface area contributed by atoms with Gasteiger partial charge in [-0.3, -0.25) is 14.5 Å². The average Bonchev–Trinajstić information content (AvgIpc) is 2.72. The number of carbonyl (C=O) groups excluding carboxylic acids is 2. The highest BCUT2D eigenvalue weighted by Crippen LogP contribution is 2.40. The number of anilines is 1. The molecule has 0 saturated carbocycles. The smallest absolute Gasteiger partial charge is 0.379 e. The second-order valence-corrected chi connectivity index (χ2v) is 7.80. The van der Waals surface area contributed by atoms with Gasteiger partial charge in [0.25, 0.3) is 0 Å². The molecule has 1 aromatic rings. The van der Waals surface area contributed by atoms with Crippen molar-refractivity contribution in [1.29, 1.82) is 0 Å². The largest absolute Gasteiger partial charge is 0.437 e. The molecule has 0 N–H and O–H groups in total. The number of benzene rings is 1. The molecule has 0 unspecified atom stereocenters. The summed E-state index contributed by atoms with van der Waals surface area (Å²) in [7, 11) is 0. The molecule has 0 aromatic heterocycles. The highest BCUT2D eigenvalue weighted by Gasteiger charge is 2.57. The fourth-order valence-electron chi connectivity index (χ4n) is 4.16. The second kappa shape index (κ2) is 7.97. The van der Waals surface area contributed by atoms with Crippen molar-refractivity contribution in [2.75, 3.05) is 57.4 Å². The van der Waals surface area contributed by atoms with Crippen molar-refractivity contribution >= 4 is 17.5 Å². The number of morpholine rings is 2. The normalized spacial score (nSPS) is 24.7. The van der Waals surface area contributed by atoms with Gasteiger partial charge in [-0.1, -0.05) is 18.2 Å². The molecule has 158 valence electrons. The van der Waals surface area contributed by atoms with Gasteiger partial charge in [0.1, 0.15) is 0 Å². The van der Waals surface area contributed by atoms with Gasteiger partial charge in [0.15, 0.2) is 0 Å². The third kappa shape index (κ3) is 4.26. The first-order valence-corrected chi connectivity index (χ1v) is 9.91. The molecular formula is C20H25F2N3O4. The van der Waals surface area contributed by atoms with Gasteiger partial charge < -0.3 is 19.3 Å². The van der Waals surface area contributed by atoms with Crippen LogP contribution in [-0.4, -0.2) is 85.8 Å². The molecule has 3 aliphatic heterocycles. The van der Waals surface area contributed by atoms with Crippen molar-refractivity contribution in [3.05, 3.63) is 30.3 Å². The lowest BCUT2D eigenvalue weighted by Gasteiger charge is -2.49. The van der Waals surface area contributed by atoms with Gasteiger partial charge >= 0.3 is 12.0 Å². The fraction of sp³-hybridized carbons (Fsp3) is 0.600. The Labute approximate surface area is 168 Å². The number of nitrogens with zero attached hydrogens (tertiary/aromatic N) is 3. The Hall–Kier alpha value is -2.10. The number of amides is 2. The minimum Gasteiger partial charge on any atom is -0.379 e. The third-order valence-electron chi connectivity index (χ3n) is 5.84. The lowest BCUT2D eigenvalue weighted by Crippen LogP contribution is -2.65. The van der Waals surface area contributed by atoms with Crippen molar-refractivity contribution in [2.24, 2.45) is 0 Å². The first kappa shape index (κ1) is 20.2. The van der Waals surface area contributed by atoms with E-state index in [1.165, 1.54) is 0 Å². The van der Waals surface area contributed by atoms with E-state index in [9.17, 15) is 18.4 Å². The zero-order valence-electron chi connectivity index (χ0n) is 16.2. The summed E-state index contributed by atoms with van der Waals surface area (Å²) in [4.78, 5) is 29.7. The van der Waals surface area contributed by atoms with Crippen molar-refractivity contribution in [2.45, 2.75) is 24.6 Å². The van der Waals surface area contributed by atoms with Crippen LogP contribution in [0.15, 0.2) is 30.3 Å². The predicted octanol–water partition coefficient (Wildman–Crippen LogP) is 1.34. The molecular weight excluding hydrogens is 384 g/mol. The van der Waals surface area contributed by atoms with Crippen LogP contribution in [0.1, 0.15) is 12.8 Å². The fourth-order valence-corrected chi connectivity index (χ4v) is 4.16. The van der Waals surface area contributed by atoms with Gasteiger partial charge in [0.05, 0.1) is 31.9 Å². The zero-order valence-corrected chi connectivity index (χ0v) is 16.2. The van der Waals surface area contributed by atoms with Gasteiger partial charge in [-0.2, -0.15) is 8.78 Å². The molecule has 1 aromatic carbocycles. The maximum absolute atomic E-state index is 14.4. The number of carbonyl (C=O) groups is 2. The summed E-state index contributed by atoms with van der Waals surface area (Å²) in [5.41, 5.74) is -0.742. The summed E-state index contributed by atoms with van der Waals surface area (Å²) in [6.07, 6.45) is -3.36. The van der Waals surface area contributed by atoms with Crippen LogP contribution in [0.25, 0.3) is 0 Å². The first-order valence-electron chi connectivity index (χ1n) is 9.91. The van der Waals surface area contributed by atoms with Crippen LogP contribution in [0.5, 0.6) is 0 Å². The van der Waals surface area contributed by atoms with Gasteiger partial charge in [-0.15, -0.1) is 0 Å². The number of likely N-dealkylation sites (tertiary alicyclic amines) is 1. The van der Waals surface area contributed by atoms with Gasteiger partial charge in [0, 0.05) is 31.9 Å². The minimum atomic E-state index is -3.88. The summed E-state index contributed by atoms with van der Waals surface area (Å²) in [5, 5.41) is 0. The molecule has 7 nitrogen and oxygen atoms in total. The molecule has 29 heavy (non-hydrogen) atoms. The van der Waals surface area contributed by atoms with E-state index in [1.807, 2.05) is 4.90 Å². The van der Waals surface area contributed by atoms with Crippen molar-refractivity contribution in [3.8, 4) is 0 Å². The number of para-hydroxylation sites is 1. The Morgan fingerprint density at radius 2 is 1.69 bits per heavy atom. The Morgan fingerprint density at radius 1 is 1.03 bits per heavy atom. The third-order valence-corrected chi connectivity index (χ3v) is 5.84. The van der Waals surface area contributed by atoms with Crippen LogP contribution in [0.3, 0.4) is 0 Å². The molecule has 0 radical (unpaired) electrons. The number of halogens is 2. The number of alkyl halides is 2. The molecule has 2 amide bonds. The number of piperidine rings is 1. The standard InChI is InChI=1S/C20H25F2N3O4/c21-20(22)18(27)25(16-4-2-1-3-5-16)15-19(29-20)6-8-24(9-7-19)17(26)14-23-10-12-28-13-11-23/h1-5H,6-15H2. The number of hydrogen-bond donors (Lipinski definition) is 0. The zero-order chi connectivity index (χ0) is 20.5. The molecule has 3 saturated heterocycles. The van der Waals surface area contributed by atoms with Gasteiger partial charge in [-0.05, 0) is 25.0 Å². The lowest BCUT2D eigenvalue weighted by molar-refractivity contribution is -0.292. The van der Waals surface area contributed by atoms with E-state index in [1.54, 1.807) is 35.2 Å². The molecule has 4 rings (SSSR count). The summed E-state index contributed by atoms with van der Waals surface area (Å²) >= 11 is 0. The minimum absolute atomic E-state index is 0.0136. The van der Waals surface area contributed by atoms with Crippen molar-refractivity contribution in [3.63, 3.8) is 0 Å². The summed E-state index contributed by atoms with van der Waals surface area (Å²) in [6.45, 7) is 3.68. The molecule has 3 heterocycles. The van der Waals surface area contributed by atoms with Gasteiger partial charge in [-0.25, -0.2) is 0 Å². The maximum atomic E-state index is 14.4. The molecule has 1 spiro atoms.